The van der Waals surface area contributed by atoms with E-state index in [1.807, 2.05) is 0 Å². The molecule has 0 unspecified atom stereocenters. The van der Waals surface area contributed by atoms with Crippen LogP contribution in [0, 0.1) is 0 Å². The standard InChI is InChI=1S/C22H21F3N4O4S/c23-22(24,25)19-4-2-1-3-16(19)13-26-21(30)20-14-28(15-27-20)17-5-7-18(8-6-17)34(31,32)29-9-11-33-12-10-29/h1-8,14-15H,9-13H2,(H,26,30). The molecule has 0 bridgehead atoms. The van der Waals surface area contributed by atoms with Crippen LogP contribution in [-0.4, -0.2) is 54.5 Å². The van der Waals surface area contributed by atoms with Crippen molar-refractivity contribution >= 4 is 15.9 Å². The van der Waals surface area contributed by atoms with Crippen LogP contribution in [0.5, 0.6) is 0 Å². The van der Waals surface area contributed by atoms with Crippen LogP contribution >= 0.6 is 0 Å². The highest BCUT2D eigenvalue weighted by Gasteiger charge is 2.33. The minimum atomic E-state index is -4.52. The Morgan fingerprint density at radius 3 is 2.41 bits per heavy atom. The molecule has 0 spiro atoms. The van der Waals surface area contributed by atoms with E-state index < -0.39 is 27.7 Å². The first kappa shape index (κ1) is 23.9. The van der Waals surface area contributed by atoms with Gasteiger partial charge in [0.2, 0.25) is 10.0 Å². The highest BCUT2D eigenvalue weighted by molar-refractivity contribution is 7.89. The molecule has 1 saturated heterocycles. The van der Waals surface area contributed by atoms with E-state index in [4.69, 9.17) is 4.74 Å². The first-order chi connectivity index (χ1) is 16.2. The summed E-state index contributed by atoms with van der Waals surface area (Å²) in [6.07, 6.45) is -1.75. The molecule has 180 valence electrons. The number of benzene rings is 2. The van der Waals surface area contributed by atoms with Gasteiger partial charge in [-0.25, -0.2) is 13.4 Å². The summed E-state index contributed by atoms with van der Waals surface area (Å²) < 4.78 is 72.9. The molecule has 0 saturated carbocycles. The van der Waals surface area contributed by atoms with Gasteiger partial charge in [-0.05, 0) is 35.9 Å². The zero-order valence-corrected chi connectivity index (χ0v) is 18.6. The number of hydrogen-bond acceptors (Lipinski definition) is 5. The molecular formula is C22H21F3N4O4S. The van der Waals surface area contributed by atoms with Gasteiger partial charge in [0.15, 0.2) is 0 Å². The molecular weight excluding hydrogens is 473 g/mol. The fourth-order valence-electron chi connectivity index (χ4n) is 3.52. The zero-order valence-electron chi connectivity index (χ0n) is 17.8. The average Bonchev–Trinajstić information content (AvgIpc) is 3.33. The molecule has 2 heterocycles. The fourth-order valence-corrected chi connectivity index (χ4v) is 4.93. The molecule has 12 heteroatoms. The lowest BCUT2D eigenvalue weighted by Crippen LogP contribution is -2.40. The van der Waals surface area contributed by atoms with Gasteiger partial charge >= 0.3 is 6.18 Å². The SMILES string of the molecule is O=C(NCc1ccccc1C(F)(F)F)c1cn(-c2ccc(S(=O)(=O)N3CCOCC3)cc2)cn1. The molecule has 0 atom stereocenters. The molecule has 2 aromatic carbocycles. The number of morpholine rings is 1. The van der Waals surface area contributed by atoms with Gasteiger partial charge in [0.1, 0.15) is 12.0 Å². The molecule has 0 aliphatic carbocycles. The Hall–Kier alpha value is -3.22. The summed E-state index contributed by atoms with van der Waals surface area (Å²) in [4.78, 5) is 16.6. The lowest BCUT2D eigenvalue weighted by atomic mass is 10.1. The number of nitrogens with zero attached hydrogens (tertiary/aromatic N) is 3. The molecule has 1 N–H and O–H groups in total. The van der Waals surface area contributed by atoms with Crippen molar-refractivity contribution in [2.75, 3.05) is 26.3 Å². The molecule has 0 radical (unpaired) electrons. The van der Waals surface area contributed by atoms with Crippen molar-refractivity contribution in [1.82, 2.24) is 19.2 Å². The number of nitrogens with one attached hydrogen (secondary N) is 1. The third-order valence-corrected chi connectivity index (χ3v) is 7.23. The van der Waals surface area contributed by atoms with E-state index in [1.54, 1.807) is 12.1 Å². The second kappa shape index (κ2) is 9.57. The van der Waals surface area contributed by atoms with Gasteiger partial charge in [0.05, 0.1) is 23.7 Å². The summed E-state index contributed by atoms with van der Waals surface area (Å²) in [7, 11) is -3.63. The van der Waals surface area contributed by atoms with E-state index in [2.05, 4.69) is 10.3 Å². The second-order valence-electron chi connectivity index (χ2n) is 7.51. The quantitative estimate of drug-likeness (QED) is 0.569. The smallest absolute Gasteiger partial charge is 0.379 e. The molecule has 1 fully saturated rings. The van der Waals surface area contributed by atoms with Crippen LogP contribution in [0.3, 0.4) is 0 Å². The van der Waals surface area contributed by atoms with Crippen molar-refractivity contribution in [3.05, 3.63) is 77.9 Å². The van der Waals surface area contributed by atoms with Crippen LogP contribution in [-0.2, 0) is 27.5 Å². The Morgan fingerprint density at radius 1 is 1.06 bits per heavy atom. The normalized spacial score (nSPS) is 15.3. The number of carbonyl (C=O) groups is 1. The number of hydrogen-bond donors (Lipinski definition) is 1. The Bertz CT molecular complexity index is 1270. The maximum atomic E-state index is 13.1. The molecule has 1 amide bonds. The molecule has 1 aliphatic rings. The first-order valence-electron chi connectivity index (χ1n) is 10.3. The van der Waals surface area contributed by atoms with Crippen LogP contribution in [0.2, 0.25) is 0 Å². The predicted molar refractivity (Wildman–Crippen MR) is 116 cm³/mol. The number of ether oxygens (including phenoxy) is 1. The number of carbonyl (C=O) groups excluding carboxylic acids is 1. The van der Waals surface area contributed by atoms with Crippen LogP contribution in [0.1, 0.15) is 21.6 Å². The maximum absolute atomic E-state index is 13.1. The first-order valence-corrected chi connectivity index (χ1v) is 11.8. The summed E-state index contributed by atoms with van der Waals surface area (Å²) in [6, 6.07) is 11.1. The Balaban J connectivity index is 1.44. The van der Waals surface area contributed by atoms with E-state index in [1.165, 1.54) is 51.7 Å². The topological polar surface area (TPSA) is 93.5 Å². The maximum Gasteiger partial charge on any atom is 0.416 e. The second-order valence-corrected chi connectivity index (χ2v) is 9.45. The number of amides is 1. The van der Waals surface area contributed by atoms with Crippen molar-refractivity contribution in [2.45, 2.75) is 17.6 Å². The number of rotatable bonds is 6. The lowest BCUT2D eigenvalue weighted by Gasteiger charge is -2.26. The van der Waals surface area contributed by atoms with E-state index in [9.17, 15) is 26.4 Å². The van der Waals surface area contributed by atoms with E-state index in [0.717, 1.165) is 6.07 Å². The highest BCUT2D eigenvalue weighted by atomic mass is 32.2. The molecule has 8 nitrogen and oxygen atoms in total. The van der Waals surface area contributed by atoms with Crippen molar-refractivity contribution in [2.24, 2.45) is 0 Å². The third kappa shape index (κ3) is 5.13. The molecule has 4 rings (SSSR count). The summed E-state index contributed by atoms with van der Waals surface area (Å²) in [5.41, 5.74) is -0.294. The summed E-state index contributed by atoms with van der Waals surface area (Å²) in [5, 5.41) is 2.45. The van der Waals surface area contributed by atoms with Gasteiger partial charge in [0.25, 0.3) is 5.91 Å². The minimum Gasteiger partial charge on any atom is -0.379 e. The van der Waals surface area contributed by atoms with Gasteiger partial charge in [-0.3, -0.25) is 4.79 Å². The minimum absolute atomic E-state index is 0.00880. The van der Waals surface area contributed by atoms with E-state index in [0.29, 0.717) is 18.9 Å². The number of sulfonamides is 1. The van der Waals surface area contributed by atoms with Gasteiger partial charge in [-0.1, -0.05) is 18.2 Å². The van der Waals surface area contributed by atoms with Crippen molar-refractivity contribution in [3.63, 3.8) is 0 Å². The van der Waals surface area contributed by atoms with E-state index in [-0.39, 0.29) is 35.8 Å². The van der Waals surface area contributed by atoms with E-state index >= 15 is 0 Å². The van der Waals surface area contributed by atoms with Gasteiger partial charge < -0.3 is 14.6 Å². The van der Waals surface area contributed by atoms with Crippen molar-refractivity contribution in [3.8, 4) is 5.69 Å². The van der Waals surface area contributed by atoms with Crippen molar-refractivity contribution < 1.29 is 31.1 Å². The lowest BCUT2D eigenvalue weighted by molar-refractivity contribution is -0.138. The van der Waals surface area contributed by atoms with Crippen LogP contribution in [0.4, 0.5) is 13.2 Å². The Kier molecular flexibility index (Phi) is 6.73. The van der Waals surface area contributed by atoms with Gasteiger partial charge in [-0.2, -0.15) is 17.5 Å². The average molecular weight is 494 g/mol. The van der Waals surface area contributed by atoms with Crippen molar-refractivity contribution in [1.29, 1.82) is 0 Å². The zero-order chi connectivity index (χ0) is 24.3. The highest BCUT2D eigenvalue weighted by Crippen LogP contribution is 2.31. The van der Waals surface area contributed by atoms with Crippen LogP contribution in [0.25, 0.3) is 5.69 Å². The number of halogens is 3. The predicted octanol–water partition coefficient (Wildman–Crippen LogP) is 2.84. The summed E-state index contributed by atoms with van der Waals surface area (Å²) >= 11 is 0. The third-order valence-electron chi connectivity index (χ3n) is 5.32. The summed E-state index contributed by atoms with van der Waals surface area (Å²) in [6.45, 7) is 0.961. The van der Waals surface area contributed by atoms with Gasteiger partial charge in [-0.15, -0.1) is 0 Å². The van der Waals surface area contributed by atoms with Crippen LogP contribution in [0.15, 0.2) is 66.0 Å². The largest absolute Gasteiger partial charge is 0.416 e. The van der Waals surface area contributed by atoms with Gasteiger partial charge in [0, 0.05) is 31.5 Å². The number of aromatic nitrogens is 2. The summed E-state index contributed by atoms with van der Waals surface area (Å²) in [5.74, 6) is -0.637. The monoisotopic (exact) mass is 494 g/mol. The molecule has 3 aromatic rings. The Labute approximate surface area is 194 Å². The van der Waals surface area contributed by atoms with Crippen LogP contribution < -0.4 is 5.32 Å². The molecule has 34 heavy (non-hydrogen) atoms. The fraction of sp³-hybridized carbons (Fsp3) is 0.273. The molecule has 1 aromatic heterocycles. The number of alkyl halides is 3. The number of imidazole rings is 1. The molecule has 1 aliphatic heterocycles. The Morgan fingerprint density at radius 2 is 1.74 bits per heavy atom.